The van der Waals surface area contributed by atoms with Gasteiger partial charge in [-0.1, -0.05) is 31.4 Å². The van der Waals surface area contributed by atoms with Crippen molar-refractivity contribution in [1.29, 1.82) is 0 Å². The Morgan fingerprint density at radius 1 is 1.20 bits per heavy atom. The smallest absolute Gasteiger partial charge is 0.136 e. The molecule has 82 valence electrons. The van der Waals surface area contributed by atoms with E-state index in [0.29, 0.717) is 5.92 Å². The van der Waals surface area contributed by atoms with E-state index in [0.717, 1.165) is 10.2 Å². The molecule has 1 nitrogen and oxygen atoms in total. The van der Waals surface area contributed by atoms with E-state index in [4.69, 9.17) is 4.74 Å². The molecule has 2 heteroatoms. The summed E-state index contributed by atoms with van der Waals surface area (Å²) in [6.07, 6.45) is 6.74. The number of para-hydroxylation sites is 1. The first kappa shape index (κ1) is 11.0. The molecule has 0 heterocycles. The molecule has 1 aromatic carbocycles. The highest BCUT2D eigenvalue weighted by Crippen LogP contribution is 2.40. The van der Waals surface area contributed by atoms with Crippen molar-refractivity contribution in [3.05, 3.63) is 28.2 Å². The summed E-state index contributed by atoms with van der Waals surface area (Å²) in [6.45, 7) is 0. The molecule has 1 aliphatic carbocycles. The van der Waals surface area contributed by atoms with Crippen molar-refractivity contribution in [3.63, 3.8) is 0 Å². The van der Waals surface area contributed by atoms with Gasteiger partial charge in [0.15, 0.2) is 0 Å². The molecule has 1 aromatic rings. The third-order valence-corrected chi connectivity index (χ3v) is 3.87. The van der Waals surface area contributed by atoms with E-state index in [1.807, 2.05) is 6.07 Å². The van der Waals surface area contributed by atoms with Crippen LogP contribution in [0.25, 0.3) is 0 Å². The van der Waals surface area contributed by atoms with Crippen LogP contribution in [0.15, 0.2) is 22.7 Å². The fourth-order valence-corrected chi connectivity index (χ4v) is 3.02. The Kier molecular flexibility index (Phi) is 3.68. The molecule has 0 N–H and O–H groups in total. The highest BCUT2D eigenvalue weighted by Gasteiger charge is 2.19. The lowest BCUT2D eigenvalue weighted by Gasteiger charge is -2.24. The maximum Gasteiger partial charge on any atom is 0.136 e. The number of halogens is 1. The molecule has 0 amide bonds. The summed E-state index contributed by atoms with van der Waals surface area (Å²) in [5.74, 6) is 1.73. The molecule has 0 atom stereocenters. The van der Waals surface area contributed by atoms with Crippen LogP contribution in [0.5, 0.6) is 5.75 Å². The summed E-state index contributed by atoms with van der Waals surface area (Å²) in [6, 6.07) is 6.36. The van der Waals surface area contributed by atoms with Gasteiger partial charge in [0.2, 0.25) is 0 Å². The second-order valence-corrected chi connectivity index (χ2v) is 5.05. The van der Waals surface area contributed by atoms with Crippen LogP contribution in [0.4, 0.5) is 0 Å². The molecular formula is C13H17BrO. The van der Waals surface area contributed by atoms with Gasteiger partial charge in [0.1, 0.15) is 5.75 Å². The lowest BCUT2D eigenvalue weighted by molar-refractivity contribution is 0.385. The maximum atomic E-state index is 5.48. The van der Waals surface area contributed by atoms with Crippen molar-refractivity contribution >= 4 is 15.9 Å². The number of benzene rings is 1. The average molecular weight is 269 g/mol. The number of hydrogen-bond donors (Lipinski definition) is 0. The van der Waals surface area contributed by atoms with E-state index in [1.165, 1.54) is 37.7 Å². The van der Waals surface area contributed by atoms with E-state index >= 15 is 0 Å². The predicted molar refractivity (Wildman–Crippen MR) is 66.5 cm³/mol. The van der Waals surface area contributed by atoms with Gasteiger partial charge in [0.25, 0.3) is 0 Å². The first-order valence-electron chi connectivity index (χ1n) is 5.65. The topological polar surface area (TPSA) is 9.23 Å². The van der Waals surface area contributed by atoms with E-state index in [9.17, 15) is 0 Å². The van der Waals surface area contributed by atoms with Crippen LogP contribution in [0.3, 0.4) is 0 Å². The fraction of sp³-hybridized carbons (Fsp3) is 0.538. The molecule has 0 radical (unpaired) electrons. The summed E-state index contributed by atoms with van der Waals surface area (Å²) in [4.78, 5) is 0. The maximum absolute atomic E-state index is 5.48. The van der Waals surface area contributed by atoms with Crippen molar-refractivity contribution in [2.24, 2.45) is 0 Å². The Bertz CT molecular complexity index is 329. The Labute approximate surface area is 100.0 Å². The zero-order valence-electron chi connectivity index (χ0n) is 9.13. The van der Waals surface area contributed by atoms with E-state index in [2.05, 4.69) is 28.1 Å². The highest BCUT2D eigenvalue weighted by atomic mass is 79.9. The Balaban J connectivity index is 2.29. The van der Waals surface area contributed by atoms with Crippen LogP contribution in [0.1, 0.15) is 43.6 Å². The highest BCUT2D eigenvalue weighted by molar-refractivity contribution is 9.10. The monoisotopic (exact) mass is 268 g/mol. The molecule has 1 fully saturated rings. The second kappa shape index (κ2) is 5.02. The van der Waals surface area contributed by atoms with Gasteiger partial charge in [-0.3, -0.25) is 0 Å². The van der Waals surface area contributed by atoms with Gasteiger partial charge in [0, 0.05) is 0 Å². The molecule has 2 rings (SSSR count). The number of hydrogen-bond acceptors (Lipinski definition) is 1. The van der Waals surface area contributed by atoms with E-state index < -0.39 is 0 Å². The zero-order chi connectivity index (χ0) is 10.7. The van der Waals surface area contributed by atoms with Crippen molar-refractivity contribution in [2.75, 3.05) is 7.11 Å². The molecule has 0 spiro atoms. The summed E-state index contributed by atoms with van der Waals surface area (Å²) < 4.78 is 6.56. The fourth-order valence-electron chi connectivity index (χ4n) is 2.48. The first-order valence-corrected chi connectivity index (χ1v) is 6.44. The van der Waals surface area contributed by atoms with E-state index in [1.54, 1.807) is 7.11 Å². The minimum atomic E-state index is 0.700. The molecule has 1 aliphatic rings. The van der Waals surface area contributed by atoms with Gasteiger partial charge in [0.05, 0.1) is 11.6 Å². The SMILES string of the molecule is COc1c(Br)cccc1C1CCCCC1. The molecule has 0 saturated heterocycles. The lowest BCUT2D eigenvalue weighted by atomic mass is 9.84. The molecular weight excluding hydrogens is 252 g/mol. The summed E-state index contributed by atoms with van der Waals surface area (Å²) in [5.41, 5.74) is 1.38. The van der Waals surface area contributed by atoms with Gasteiger partial charge in [-0.25, -0.2) is 0 Å². The van der Waals surface area contributed by atoms with Crippen LogP contribution in [0.2, 0.25) is 0 Å². The standard InChI is InChI=1S/C13H17BrO/c1-15-13-11(8-5-9-12(13)14)10-6-3-2-4-7-10/h5,8-10H,2-4,6-7H2,1H3. The van der Waals surface area contributed by atoms with Crippen LogP contribution < -0.4 is 4.74 Å². The molecule has 0 unspecified atom stereocenters. The quantitative estimate of drug-likeness (QED) is 0.767. The largest absolute Gasteiger partial charge is 0.495 e. The summed E-state index contributed by atoms with van der Waals surface area (Å²) in [7, 11) is 1.76. The zero-order valence-corrected chi connectivity index (χ0v) is 10.7. The molecule has 0 bridgehead atoms. The molecule has 15 heavy (non-hydrogen) atoms. The van der Waals surface area contributed by atoms with Crippen molar-refractivity contribution in [1.82, 2.24) is 0 Å². The van der Waals surface area contributed by atoms with Crippen molar-refractivity contribution < 1.29 is 4.74 Å². The Hall–Kier alpha value is -0.500. The second-order valence-electron chi connectivity index (χ2n) is 4.20. The van der Waals surface area contributed by atoms with E-state index in [-0.39, 0.29) is 0 Å². The van der Waals surface area contributed by atoms with Crippen molar-refractivity contribution in [2.45, 2.75) is 38.0 Å². The van der Waals surface area contributed by atoms with Crippen LogP contribution in [-0.2, 0) is 0 Å². The minimum absolute atomic E-state index is 0.700. The number of rotatable bonds is 2. The van der Waals surface area contributed by atoms with Gasteiger partial charge in [-0.15, -0.1) is 0 Å². The molecule has 1 saturated carbocycles. The first-order chi connectivity index (χ1) is 7.33. The minimum Gasteiger partial charge on any atom is -0.495 e. The van der Waals surface area contributed by atoms with Gasteiger partial charge in [-0.05, 0) is 46.3 Å². The van der Waals surface area contributed by atoms with Gasteiger partial charge < -0.3 is 4.74 Å². The molecule has 0 aliphatic heterocycles. The lowest BCUT2D eigenvalue weighted by Crippen LogP contribution is -2.06. The predicted octanol–water partition coefficient (Wildman–Crippen LogP) is 4.51. The third kappa shape index (κ3) is 2.36. The number of methoxy groups -OCH3 is 1. The summed E-state index contributed by atoms with van der Waals surface area (Å²) in [5, 5.41) is 0. The third-order valence-electron chi connectivity index (χ3n) is 3.25. The molecule has 0 aromatic heterocycles. The van der Waals surface area contributed by atoms with Crippen LogP contribution >= 0.6 is 15.9 Å². The Morgan fingerprint density at radius 2 is 1.93 bits per heavy atom. The van der Waals surface area contributed by atoms with Crippen LogP contribution in [0, 0.1) is 0 Å². The van der Waals surface area contributed by atoms with Crippen molar-refractivity contribution in [3.8, 4) is 5.75 Å². The average Bonchev–Trinajstić information content (AvgIpc) is 2.30. The van der Waals surface area contributed by atoms with Gasteiger partial charge >= 0.3 is 0 Å². The number of ether oxygens (including phenoxy) is 1. The van der Waals surface area contributed by atoms with Crippen LogP contribution in [-0.4, -0.2) is 7.11 Å². The summed E-state index contributed by atoms with van der Waals surface area (Å²) >= 11 is 3.55. The Morgan fingerprint density at radius 3 is 2.60 bits per heavy atom. The van der Waals surface area contributed by atoms with Gasteiger partial charge in [-0.2, -0.15) is 0 Å². The normalized spacial score (nSPS) is 17.7.